The first-order valence-corrected chi connectivity index (χ1v) is 10.3. The highest BCUT2D eigenvalue weighted by molar-refractivity contribution is 5.16. The van der Waals surface area contributed by atoms with Crippen molar-refractivity contribution in [3.8, 4) is 0 Å². The molecule has 2 heteroatoms. The molecule has 2 unspecified atom stereocenters. The van der Waals surface area contributed by atoms with Crippen molar-refractivity contribution in [2.75, 3.05) is 0 Å². The predicted octanol–water partition coefficient (Wildman–Crippen LogP) is 4.91. The van der Waals surface area contributed by atoms with Crippen LogP contribution in [0, 0.1) is 5.92 Å². The largest absolute Gasteiger partial charge is 0.389 e. The lowest BCUT2D eigenvalue weighted by Crippen LogP contribution is -2.59. The Hall–Kier alpha value is -0.860. The summed E-state index contributed by atoms with van der Waals surface area (Å²) in [4.78, 5) is 2.73. The second kappa shape index (κ2) is 7.17. The van der Waals surface area contributed by atoms with Gasteiger partial charge in [-0.05, 0) is 50.0 Å². The fourth-order valence-electron chi connectivity index (χ4n) is 5.76. The highest BCUT2D eigenvalue weighted by Crippen LogP contribution is 2.46. The zero-order chi connectivity index (χ0) is 16.4. The van der Waals surface area contributed by atoms with E-state index in [1.54, 1.807) is 0 Å². The Bertz CT molecular complexity index is 506. The van der Waals surface area contributed by atoms with Gasteiger partial charge in [0, 0.05) is 18.6 Å². The molecule has 0 amide bonds. The summed E-state index contributed by atoms with van der Waals surface area (Å²) in [5.41, 5.74) is 1.04. The minimum absolute atomic E-state index is 0.382. The maximum absolute atomic E-state index is 11.6. The first kappa shape index (κ1) is 16.6. The van der Waals surface area contributed by atoms with E-state index in [1.807, 2.05) is 0 Å². The molecule has 2 nitrogen and oxygen atoms in total. The highest BCUT2D eigenvalue weighted by atomic mass is 16.3. The van der Waals surface area contributed by atoms with E-state index < -0.39 is 0 Å². The normalized spacial score (nSPS) is 35.5. The lowest BCUT2D eigenvalue weighted by atomic mass is 9.68. The molecule has 4 rings (SSSR count). The Morgan fingerprint density at radius 1 is 0.833 bits per heavy atom. The van der Waals surface area contributed by atoms with E-state index in [0.29, 0.717) is 18.0 Å². The van der Waals surface area contributed by atoms with Crippen molar-refractivity contribution >= 4 is 0 Å². The third-order valence-corrected chi connectivity index (χ3v) is 7.01. The van der Waals surface area contributed by atoms with Gasteiger partial charge in [0.2, 0.25) is 0 Å². The molecule has 0 radical (unpaired) electrons. The van der Waals surface area contributed by atoms with Crippen molar-refractivity contribution in [1.82, 2.24) is 4.90 Å². The van der Waals surface area contributed by atoms with Crippen molar-refractivity contribution in [3.05, 3.63) is 35.9 Å². The van der Waals surface area contributed by atoms with Gasteiger partial charge in [-0.1, -0.05) is 62.4 Å². The Morgan fingerprint density at radius 2 is 1.46 bits per heavy atom. The SMILES string of the molecule is OC1(C2CCCCCC2)CC2CCCC(C1)N2Cc1ccccc1. The van der Waals surface area contributed by atoms with Gasteiger partial charge in [-0.25, -0.2) is 0 Å². The average Bonchev–Trinajstić information content (AvgIpc) is 2.87. The molecule has 1 aromatic rings. The van der Waals surface area contributed by atoms with Crippen LogP contribution in [0.4, 0.5) is 0 Å². The van der Waals surface area contributed by atoms with Gasteiger partial charge in [0.25, 0.3) is 0 Å². The molecule has 2 aliphatic heterocycles. The molecule has 0 spiro atoms. The summed E-state index contributed by atoms with van der Waals surface area (Å²) in [7, 11) is 0. The zero-order valence-electron chi connectivity index (χ0n) is 15.0. The molecule has 1 aliphatic carbocycles. The molecular weight excluding hydrogens is 294 g/mol. The Balaban J connectivity index is 1.49. The summed E-state index contributed by atoms with van der Waals surface area (Å²) in [5, 5.41) is 11.6. The smallest absolute Gasteiger partial charge is 0.0705 e. The van der Waals surface area contributed by atoms with Crippen LogP contribution >= 0.6 is 0 Å². The maximum atomic E-state index is 11.6. The number of hydrogen-bond acceptors (Lipinski definition) is 2. The Morgan fingerprint density at radius 3 is 2.08 bits per heavy atom. The highest BCUT2D eigenvalue weighted by Gasteiger charge is 2.48. The average molecular weight is 328 g/mol. The fourth-order valence-corrected chi connectivity index (χ4v) is 5.76. The first-order valence-electron chi connectivity index (χ1n) is 10.3. The topological polar surface area (TPSA) is 23.5 Å². The van der Waals surface area contributed by atoms with E-state index in [0.717, 1.165) is 19.4 Å². The van der Waals surface area contributed by atoms with E-state index >= 15 is 0 Å². The standard InChI is InChI=1S/C22H33NO/c24-22(19-11-6-1-2-7-12-19)15-20-13-8-14-21(16-22)23(20)17-18-9-4-3-5-10-18/h3-5,9-10,19-21,24H,1-2,6-8,11-17H2. The fraction of sp³-hybridized carbons (Fsp3) is 0.727. The van der Waals surface area contributed by atoms with Crippen LogP contribution < -0.4 is 0 Å². The summed E-state index contributed by atoms with van der Waals surface area (Å²) in [5.74, 6) is 0.557. The Labute approximate surface area is 147 Å². The molecule has 1 N–H and O–H groups in total. The second-order valence-electron chi connectivity index (χ2n) is 8.60. The number of nitrogens with zero attached hydrogens (tertiary/aromatic N) is 1. The monoisotopic (exact) mass is 327 g/mol. The maximum Gasteiger partial charge on any atom is 0.0705 e. The molecule has 24 heavy (non-hydrogen) atoms. The zero-order valence-corrected chi connectivity index (χ0v) is 15.0. The molecule has 132 valence electrons. The second-order valence-corrected chi connectivity index (χ2v) is 8.60. The van der Waals surface area contributed by atoms with Crippen molar-refractivity contribution in [2.24, 2.45) is 5.92 Å². The van der Waals surface area contributed by atoms with Crippen LogP contribution in [0.25, 0.3) is 0 Å². The van der Waals surface area contributed by atoms with Gasteiger partial charge in [0.15, 0.2) is 0 Å². The first-order chi connectivity index (χ1) is 11.7. The van der Waals surface area contributed by atoms with E-state index in [9.17, 15) is 5.11 Å². The van der Waals surface area contributed by atoms with Gasteiger partial charge in [0.1, 0.15) is 0 Å². The van der Waals surface area contributed by atoms with E-state index in [-0.39, 0.29) is 5.60 Å². The third kappa shape index (κ3) is 3.41. The number of fused-ring (bicyclic) bond motifs is 2. The van der Waals surface area contributed by atoms with E-state index in [4.69, 9.17) is 0 Å². The predicted molar refractivity (Wildman–Crippen MR) is 98.8 cm³/mol. The van der Waals surface area contributed by atoms with Gasteiger partial charge < -0.3 is 5.11 Å². The van der Waals surface area contributed by atoms with E-state index in [1.165, 1.54) is 63.4 Å². The lowest BCUT2D eigenvalue weighted by molar-refractivity contribution is -0.128. The molecule has 2 atom stereocenters. The van der Waals surface area contributed by atoms with Crippen molar-refractivity contribution in [1.29, 1.82) is 0 Å². The van der Waals surface area contributed by atoms with Crippen molar-refractivity contribution in [2.45, 2.75) is 94.9 Å². The van der Waals surface area contributed by atoms with Crippen LogP contribution in [-0.4, -0.2) is 27.7 Å². The summed E-state index contributed by atoms with van der Waals surface area (Å²) < 4.78 is 0. The lowest BCUT2D eigenvalue weighted by Gasteiger charge is -2.54. The van der Waals surface area contributed by atoms with Crippen molar-refractivity contribution < 1.29 is 5.11 Å². The Kier molecular flexibility index (Phi) is 4.96. The van der Waals surface area contributed by atoms with Crippen LogP contribution in [-0.2, 0) is 6.54 Å². The summed E-state index contributed by atoms with van der Waals surface area (Å²) in [6, 6.07) is 12.1. The van der Waals surface area contributed by atoms with Gasteiger partial charge in [-0.3, -0.25) is 4.90 Å². The van der Waals surface area contributed by atoms with Gasteiger partial charge in [-0.2, -0.15) is 0 Å². The molecule has 3 fully saturated rings. The van der Waals surface area contributed by atoms with Crippen LogP contribution in [0.15, 0.2) is 30.3 Å². The van der Waals surface area contributed by atoms with Crippen LogP contribution in [0.1, 0.15) is 76.2 Å². The molecule has 3 aliphatic rings. The quantitative estimate of drug-likeness (QED) is 0.798. The third-order valence-electron chi connectivity index (χ3n) is 7.01. The van der Waals surface area contributed by atoms with Gasteiger partial charge in [0.05, 0.1) is 5.60 Å². The molecular formula is C22H33NO. The summed E-state index contributed by atoms with van der Waals surface area (Å²) >= 11 is 0. The molecule has 0 aromatic heterocycles. The minimum Gasteiger partial charge on any atom is -0.389 e. The molecule has 1 saturated carbocycles. The number of aliphatic hydroxyl groups is 1. The molecule has 2 saturated heterocycles. The van der Waals surface area contributed by atoms with Gasteiger partial charge in [-0.15, -0.1) is 0 Å². The van der Waals surface area contributed by atoms with Gasteiger partial charge >= 0.3 is 0 Å². The van der Waals surface area contributed by atoms with Crippen LogP contribution in [0.2, 0.25) is 0 Å². The number of benzene rings is 1. The van der Waals surface area contributed by atoms with Crippen LogP contribution in [0.3, 0.4) is 0 Å². The van der Waals surface area contributed by atoms with E-state index in [2.05, 4.69) is 35.2 Å². The van der Waals surface area contributed by atoms with Crippen LogP contribution in [0.5, 0.6) is 0 Å². The molecule has 2 heterocycles. The molecule has 1 aromatic carbocycles. The summed E-state index contributed by atoms with van der Waals surface area (Å²) in [6.07, 6.45) is 13.9. The minimum atomic E-state index is -0.382. The number of rotatable bonds is 3. The summed E-state index contributed by atoms with van der Waals surface area (Å²) in [6.45, 7) is 1.07. The van der Waals surface area contributed by atoms with Crippen molar-refractivity contribution in [3.63, 3.8) is 0 Å². The number of piperidine rings is 2. The molecule has 2 bridgehead atoms. The number of hydrogen-bond donors (Lipinski definition) is 1.